The summed E-state index contributed by atoms with van der Waals surface area (Å²) in [5.41, 5.74) is 11.8. The van der Waals surface area contributed by atoms with E-state index < -0.39 is 23.8 Å². The molecular formula is C13H12N8O4S2. The molecule has 2 amide bonds. The Bertz CT molecular complexity index is 1020. The first-order valence-corrected chi connectivity index (χ1v) is 9.59. The zero-order valence-corrected chi connectivity index (χ0v) is 15.1. The number of β-lactam (4-membered cyclic amide) rings is 1. The number of primary amides is 1. The van der Waals surface area contributed by atoms with E-state index in [0.717, 1.165) is 4.63 Å². The Morgan fingerprint density at radius 3 is 2.93 bits per heavy atom. The van der Waals surface area contributed by atoms with Gasteiger partial charge in [0, 0.05) is 11.5 Å². The Balaban J connectivity index is 1.63. The van der Waals surface area contributed by atoms with Crippen molar-refractivity contribution in [2.45, 2.75) is 16.4 Å². The van der Waals surface area contributed by atoms with Crippen molar-refractivity contribution in [1.29, 1.82) is 0 Å². The van der Waals surface area contributed by atoms with Gasteiger partial charge in [-0.2, -0.15) is 0 Å². The van der Waals surface area contributed by atoms with Crippen LogP contribution in [-0.4, -0.2) is 76.0 Å². The van der Waals surface area contributed by atoms with Crippen LogP contribution < -0.4 is 11.5 Å². The van der Waals surface area contributed by atoms with Crippen molar-refractivity contribution < 1.29 is 19.5 Å². The van der Waals surface area contributed by atoms with Crippen molar-refractivity contribution in [3.8, 4) is 0 Å². The van der Waals surface area contributed by atoms with Gasteiger partial charge in [0.15, 0.2) is 0 Å². The number of rotatable bonds is 5. The average molecular weight is 408 g/mol. The van der Waals surface area contributed by atoms with Crippen LogP contribution in [0.3, 0.4) is 0 Å². The second kappa shape index (κ2) is 6.47. The highest BCUT2D eigenvalue weighted by Crippen LogP contribution is 2.40. The number of carboxylic acid groups (broad SMARTS) is 1. The second-order valence-corrected chi connectivity index (χ2v) is 7.83. The number of carboxylic acids is 1. The number of aliphatic carboxylic acids is 1. The molecule has 1 unspecified atom stereocenters. The average Bonchev–Trinajstić information content (AvgIpc) is 3.12. The number of carbonyl (C=O) groups excluding carboxylic acids is 2. The molecule has 0 spiro atoms. The lowest BCUT2D eigenvalue weighted by Crippen LogP contribution is -2.68. The standard InChI is InChI=1S/C13H12N8O4S2/c14-7-11(23)20-8(13(24)25)4(3-27-12(7)20)2-26-6-1-5(9(15)22)10-16-18-19-21(10)17-6/h1,7,12H,2-3,14H2,(H2,15,22)(H,24,25)/t7?,12-/m0/s1. The first kappa shape index (κ1) is 17.7. The lowest BCUT2D eigenvalue weighted by atomic mass is 10.0. The van der Waals surface area contributed by atoms with Crippen LogP contribution in [0, 0.1) is 0 Å². The number of nitrogens with two attached hydrogens (primary N) is 2. The molecule has 0 bridgehead atoms. The maximum absolute atomic E-state index is 12.0. The van der Waals surface area contributed by atoms with Crippen LogP contribution in [-0.2, 0) is 9.59 Å². The summed E-state index contributed by atoms with van der Waals surface area (Å²) in [6.45, 7) is 0. The van der Waals surface area contributed by atoms with Crippen LogP contribution in [0.15, 0.2) is 22.4 Å². The molecule has 27 heavy (non-hydrogen) atoms. The van der Waals surface area contributed by atoms with Gasteiger partial charge in [-0.3, -0.25) is 14.5 Å². The summed E-state index contributed by atoms with van der Waals surface area (Å²) in [7, 11) is 0. The summed E-state index contributed by atoms with van der Waals surface area (Å²) in [4.78, 5) is 36.5. The molecule has 0 radical (unpaired) electrons. The number of tetrazole rings is 1. The van der Waals surface area contributed by atoms with Crippen molar-refractivity contribution in [2.24, 2.45) is 11.5 Å². The fourth-order valence-corrected chi connectivity index (χ4v) is 5.15. The van der Waals surface area contributed by atoms with Gasteiger partial charge in [-0.05, 0) is 22.1 Å². The number of fused-ring (bicyclic) bond motifs is 2. The van der Waals surface area contributed by atoms with Crippen LogP contribution in [0.1, 0.15) is 10.4 Å². The number of amides is 2. The van der Waals surface area contributed by atoms with E-state index in [1.807, 2.05) is 0 Å². The minimum Gasteiger partial charge on any atom is -0.477 e. The molecule has 4 heterocycles. The Labute approximate surface area is 159 Å². The van der Waals surface area contributed by atoms with E-state index in [0.29, 0.717) is 16.4 Å². The van der Waals surface area contributed by atoms with Crippen molar-refractivity contribution >= 4 is 47.0 Å². The quantitative estimate of drug-likeness (QED) is 0.378. The molecule has 140 valence electrons. The van der Waals surface area contributed by atoms with Gasteiger partial charge in [0.25, 0.3) is 5.91 Å². The van der Waals surface area contributed by atoms with E-state index >= 15 is 0 Å². The third-order valence-electron chi connectivity index (χ3n) is 4.11. The summed E-state index contributed by atoms with van der Waals surface area (Å²) < 4.78 is 1.08. The summed E-state index contributed by atoms with van der Waals surface area (Å²) in [5.74, 6) is -1.62. The SMILES string of the molecule is NC(=O)c1cc(SCC2=C(C(=O)O)N3C(=O)C(N)[C@@H]3SC2)nn2nnnc12. The zero-order chi connectivity index (χ0) is 19.3. The molecule has 1 saturated heterocycles. The van der Waals surface area contributed by atoms with Gasteiger partial charge in [-0.25, -0.2) is 4.79 Å². The van der Waals surface area contributed by atoms with Crippen molar-refractivity contribution in [1.82, 2.24) is 30.2 Å². The van der Waals surface area contributed by atoms with Gasteiger partial charge in [0.2, 0.25) is 11.6 Å². The van der Waals surface area contributed by atoms with Gasteiger partial charge in [-0.15, -0.1) is 26.6 Å². The second-order valence-electron chi connectivity index (χ2n) is 5.73. The molecule has 0 aromatic carbocycles. The number of thioether (sulfide) groups is 2. The van der Waals surface area contributed by atoms with Gasteiger partial charge < -0.3 is 16.6 Å². The number of nitrogens with zero attached hydrogens (tertiary/aromatic N) is 6. The van der Waals surface area contributed by atoms with E-state index in [1.165, 1.54) is 34.5 Å². The highest BCUT2D eigenvalue weighted by molar-refractivity contribution is 8.01. The molecule has 2 aliphatic rings. The van der Waals surface area contributed by atoms with Crippen LogP contribution in [0.2, 0.25) is 0 Å². The predicted octanol–water partition coefficient (Wildman–Crippen LogP) is -1.71. The van der Waals surface area contributed by atoms with E-state index in [2.05, 4.69) is 20.6 Å². The number of aromatic nitrogens is 5. The first-order chi connectivity index (χ1) is 12.9. The maximum atomic E-state index is 12.0. The zero-order valence-electron chi connectivity index (χ0n) is 13.5. The van der Waals surface area contributed by atoms with Gasteiger partial charge in [0.1, 0.15) is 22.1 Å². The van der Waals surface area contributed by atoms with Crippen molar-refractivity contribution in [2.75, 3.05) is 11.5 Å². The molecule has 5 N–H and O–H groups in total. The summed E-state index contributed by atoms with van der Waals surface area (Å²) in [5, 5.41) is 24.5. The first-order valence-electron chi connectivity index (χ1n) is 7.56. The van der Waals surface area contributed by atoms with E-state index in [9.17, 15) is 19.5 Å². The van der Waals surface area contributed by atoms with Gasteiger partial charge >= 0.3 is 5.97 Å². The topological polar surface area (TPSA) is 183 Å². The van der Waals surface area contributed by atoms with E-state index in [-0.39, 0.29) is 28.0 Å². The highest BCUT2D eigenvalue weighted by atomic mass is 32.2. The third kappa shape index (κ3) is 2.81. The largest absolute Gasteiger partial charge is 0.477 e. The fraction of sp³-hybridized carbons (Fsp3) is 0.308. The minimum atomic E-state index is -1.18. The molecule has 0 aliphatic carbocycles. The number of hydrogen-bond donors (Lipinski definition) is 3. The van der Waals surface area contributed by atoms with E-state index in [1.54, 1.807) is 0 Å². The molecule has 4 rings (SSSR count). The molecule has 12 nitrogen and oxygen atoms in total. The summed E-state index contributed by atoms with van der Waals surface area (Å²) >= 11 is 2.60. The van der Waals surface area contributed by atoms with Crippen LogP contribution >= 0.6 is 23.5 Å². The Hall–Kier alpha value is -2.71. The van der Waals surface area contributed by atoms with Crippen molar-refractivity contribution in [3.63, 3.8) is 0 Å². The Morgan fingerprint density at radius 2 is 2.22 bits per heavy atom. The summed E-state index contributed by atoms with van der Waals surface area (Å²) in [6, 6.07) is 0.768. The minimum absolute atomic E-state index is 0.0448. The smallest absolute Gasteiger partial charge is 0.352 e. The molecule has 2 aromatic heterocycles. The summed E-state index contributed by atoms with van der Waals surface area (Å²) in [6.07, 6.45) is 0. The van der Waals surface area contributed by atoms with E-state index in [4.69, 9.17) is 11.5 Å². The van der Waals surface area contributed by atoms with Crippen LogP contribution in [0.4, 0.5) is 0 Å². The normalized spacial score (nSPS) is 22.0. The third-order valence-corrected chi connectivity index (χ3v) is 6.46. The number of carbonyl (C=O) groups is 3. The molecule has 0 saturated carbocycles. The molecule has 2 aromatic rings. The van der Waals surface area contributed by atoms with Crippen molar-refractivity contribution in [3.05, 3.63) is 22.9 Å². The Morgan fingerprint density at radius 1 is 1.44 bits per heavy atom. The fourth-order valence-electron chi connectivity index (χ4n) is 2.83. The molecule has 2 aliphatic heterocycles. The number of hydrogen-bond acceptors (Lipinski definition) is 10. The monoisotopic (exact) mass is 408 g/mol. The molecular weight excluding hydrogens is 396 g/mol. The lowest BCUT2D eigenvalue weighted by molar-refractivity contribution is -0.147. The Kier molecular flexibility index (Phi) is 4.24. The highest BCUT2D eigenvalue weighted by Gasteiger charge is 2.51. The molecule has 2 atom stereocenters. The van der Waals surface area contributed by atoms with Gasteiger partial charge in [0.05, 0.1) is 5.56 Å². The maximum Gasteiger partial charge on any atom is 0.352 e. The predicted molar refractivity (Wildman–Crippen MR) is 93.5 cm³/mol. The molecule has 1 fully saturated rings. The van der Waals surface area contributed by atoms with Gasteiger partial charge in [-0.1, -0.05) is 11.8 Å². The molecule has 14 heteroatoms. The van der Waals surface area contributed by atoms with Crippen LogP contribution in [0.25, 0.3) is 5.65 Å². The lowest BCUT2D eigenvalue weighted by Gasteiger charge is -2.48. The van der Waals surface area contributed by atoms with Crippen LogP contribution in [0.5, 0.6) is 0 Å².